The lowest BCUT2D eigenvalue weighted by atomic mass is 10.1. The maximum Gasteiger partial charge on any atom is 0.270 e. The van der Waals surface area contributed by atoms with E-state index >= 15 is 0 Å². The Balaban J connectivity index is 2.11. The van der Waals surface area contributed by atoms with Crippen LogP contribution in [0.3, 0.4) is 0 Å². The van der Waals surface area contributed by atoms with E-state index in [4.69, 9.17) is 4.18 Å². The lowest BCUT2D eigenvalue weighted by molar-refractivity contribution is 0.354. The van der Waals surface area contributed by atoms with Crippen LogP contribution in [0.15, 0.2) is 24.3 Å². The van der Waals surface area contributed by atoms with Gasteiger partial charge in [0, 0.05) is 5.56 Å². The highest BCUT2D eigenvalue weighted by Crippen LogP contribution is 2.21. The minimum absolute atomic E-state index is 0.302. The number of rotatable bonds is 2. The standard InChI is InChI=1S/C12H12O3S2/c13-17(14)12(5-7-15-17)9-11-3-1-10(2-4-11)6-8-16/h1-4,12,16H,5,7,9H2. The third kappa shape index (κ3) is 3.03. The molecule has 1 fully saturated rings. The van der Waals surface area contributed by atoms with Gasteiger partial charge < -0.3 is 0 Å². The molecule has 90 valence electrons. The summed E-state index contributed by atoms with van der Waals surface area (Å²) in [6, 6.07) is 7.50. The summed E-state index contributed by atoms with van der Waals surface area (Å²) in [4.78, 5) is 0. The Morgan fingerprint density at radius 3 is 2.59 bits per heavy atom. The topological polar surface area (TPSA) is 43.4 Å². The number of hydrogen-bond donors (Lipinski definition) is 1. The van der Waals surface area contributed by atoms with Gasteiger partial charge in [0.05, 0.1) is 11.9 Å². The van der Waals surface area contributed by atoms with Gasteiger partial charge in [-0.3, -0.25) is 4.18 Å². The zero-order valence-corrected chi connectivity index (χ0v) is 10.8. The third-order valence-electron chi connectivity index (χ3n) is 2.71. The third-order valence-corrected chi connectivity index (χ3v) is 4.54. The first kappa shape index (κ1) is 12.5. The molecule has 0 amide bonds. The summed E-state index contributed by atoms with van der Waals surface area (Å²) >= 11 is 3.82. The lowest BCUT2D eigenvalue weighted by Gasteiger charge is -2.07. The lowest BCUT2D eigenvalue weighted by Crippen LogP contribution is -2.17. The van der Waals surface area contributed by atoms with Crippen LogP contribution in [0.25, 0.3) is 0 Å². The summed E-state index contributed by atoms with van der Waals surface area (Å²) < 4.78 is 27.7. The summed E-state index contributed by atoms with van der Waals surface area (Å²) in [7, 11) is -3.35. The quantitative estimate of drug-likeness (QED) is 0.503. The van der Waals surface area contributed by atoms with Crippen molar-refractivity contribution < 1.29 is 12.6 Å². The van der Waals surface area contributed by atoms with Crippen molar-refractivity contribution in [1.29, 1.82) is 0 Å². The van der Waals surface area contributed by atoms with Crippen molar-refractivity contribution in [3.63, 3.8) is 0 Å². The second-order valence-corrected chi connectivity index (χ2v) is 5.97. The Kier molecular flexibility index (Phi) is 3.77. The fraction of sp³-hybridized carbons (Fsp3) is 0.333. The minimum Gasteiger partial charge on any atom is -0.270 e. The minimum atomic E-state index is -3.35. The Morgan fingerprint density at radius 1 is 1.35 bits per heavy atom. The van der Waals surface area contributed by atoms with Crippen molar-refractivity contribution >= 4 is 22.7 Å². The van der Waals surface area contributed by atoms with Crippen molar-refractivity contribution in [2.24, 2.45) is 0 Å². The van der Waals surface area contributed by atoms with Gasteiger partial charge >= 0.3 is 0 Å². The van der Waals surface area contributed by atoms with Gasteiger partial charge in [-0.15, -0.1) is 0 Å². The molecule has 0 bridgehead atoms. The fourth-order valence-corrected chi connectivity index (χ4v) is 3.22. The molecule has 0 spiro atoms. The molecule has 0 saturated carbocycles. The van der Waals surface area contributed by atoms with Crippen molar-refractivity contribution in [2.75, 3.05) is 6.61 Å². The number of thiol groups is 1. The highest BCUT2D eigenvalue weighted by molar-refractivity contribution is 7.87. The molecule has 1 aliphatic rings. The summed E-state index contributed by atoms with van der Waals surface area (Å²) in [5, 5.41) is 2.11. The van der Waals surface area contributed by atoms with Crippen LogP contribution in [0.4, 0.5) is 0 Å². The van der Waals surface area contributed by atoms with E-state index in [2.05, 4.69) is 23.8 Å². The molecule has 3 nitrogen and oxygen atoms in total. The van der Waals surface area contributed by atoms with Crippen LogP contribution in [0.2, 0.25) is 0 Å². The monoisotopic (exact) mass is 268 g/mol. The zero-order valence-electron chi connectivity index (χ0n) is 9.09. The van der Waals surface area contributed by atoms with E-state index in [9.17, 15) is 8.42 Å². The number of benzene rings is 1. The maximum atomic E-state index is 11.5. The van der Waals surface area contributed by atoms with E-state index in [1.807, 2.05) is 24.3 Å². The zero-order chi connectivity index (χ0) is 12.3. The SMILES string of the molecule is O=S1(=O)OCCC1Cc1ccc(C#CS)cc1. The highest BCUT2D eigenvalue weighted by Gasteiger charge is 2.32. The van der Waals surface area contributed by atoms with Crippen LogP contribution in [0.1, 0.15) is 17.5 Å². The van der Waals surface area contributed by atoms with Gasteiger partial charge in [0.2, 0.25) is 0 Å². The van der Waals surface area contributed by atoms with Gasteiger partial charge in [0.25, 0.3) is 10.1 Å². The van der Waals surface area contributed by atoms with Crippen LogP contribution in [-0.4, -0.2) is 20.3 Å². The molecule has 1 atom stereocenters. The summed E-state index contributed by atoms with van der Waals surface area (Å²) in [5.41, 5.74) is 1.85. The predicted molar refractivity (Wildman–Crippen MR) is 69.3 cm³/mol. The molecular weight excluding hydrogens is 256 g/mol. The van der Waals surface area contributed by atoms with Gasteiger partial charge in [-0.2, -0.15) is 8.42 Å². The Morgan fingerprint density at radius 2 is 2.06 bits per heavy atom. The molecule has 0 aromatic heterocycles. The first-order valence-electron chi connectivity index (χ1n) is 5.24. The normalized spacial score (nSPS) is 21.8. The van der Waals surface area contributed by atoms with Gasteiger partial charge in [-0.05, 0) is 35.8 Å². The summed E-state index contributed by atoms with van der Waals surface area (Å²) in [6.45, 7) is 0.302. The van der Waals surface area contributed by atoms with Crippen molar-refractivity contribution in [1.82, 2.24) is 0 Å². The second-order valence-electron chi connectivity index (χ2n) is 3.86. The fourth-order valence-electron chi connectivity index (χ4n) is 1.79. The predicted octanol–water partition coefficient (Wildman–Crippen LogP) is 1.59. The van der Waals surface area contributed by atoms with Gasteiger partial charge in [0.15, 0.2) is 0 Å². The van der Waals surface area contributed by atoms with Crippen molar-refractivity contribution in [2.45, 2.75) is 18.1 Å². The molecule has 1 aromatic carbocycles. The molecule has 1 aliphatic heterocycles. The molecule has 0 aliphatic carbocycles. The molecule has 1 heterocycles. The molecule has 17 heavy (non-hydrogen) atoms. The average Bonchev–Trinajstić information content (AvgIpc) is 2.62. The highest BCUT2D eigenvalue weighted by atomic mass is 32.2. The number of hydrogen-bond acceptors (Lipinski definition) is 4. The first-order chi connectivity index (χ1) is 8.12. The van der Waals surface area contributed by atoms with Crippen LogP contribution < -0.4 is 0 Å². The van der Waals surface area contributed by atoms with Crippen molar-refractivity contribution in [3.8, 4) is 11.2 Å². The van der Waals surface area contributed by atoms with Crippen LogP contribution in [0, 0.1) is 11.2 Å². The molecule has 0 radical (unpaired) electrons. The van der Waals surface area contributed by atoms with Crippen LogP contribution in [0.5, 0.6) is 0 Å². The Labute approximate surface area is 107 Å². The van der Waals surface area contributed by atoms with E-state index in [0.717, 1.165) is 11.1 Å². The van der Waals surface area contributed by atoms with E-state index in [0.29, 0.717) is 19.4 Å². The molecule has 5 heteroatoms. The first-order valence-corrected chi connectivity index (χ1v) is 7.16. The van der Waals surface area contributed by atoms with E-state index < -0.39 is 15.4 Å². The largest absolute Gasteiger partial charge is 0.270 e. The maximum absolute atomic E-state index is 11.5. The second kappa shape index (κ2) is 5.13. The Bertz CT molecular complexity index is 550. The van der Waals surface area contributed by atoms with Gasteiger partial charge in [-0.25, -0.2) is 0 Å². The van der Waals surface area contributed by atoms with Crippen LogP contribution in [-0.2, 0) is 20.7 Å². The smallest absolute Gasteiger partial charge is 0.270 e. The molecule has 0 N–H and O–H groups in total. The molecule has 1 unspecified atom stereocenters. The van der Waals surface area contributed by atoms with Gasteiger partial charge in [0.1, 0.15) is 0 Å². The molecule has 2 rings (SSSR count). The molecule has 1 aromatic rings. The summed E-state index contributed by atoms with van der Waals surface area (Å²) in [6.07, 6.45) is 1.07. The van der Waals surface area contributed by atoms with E-state index in [1.165, 1.54) is 0 Å². The van der Waals surface area contributed by atoms with Crippen molar-refractivity contribution in [3.05, 3.63) is 35.4 Å². The summed E-state index contributed by atoms with van der Waals surface area (Å²) in [5.74, 6) is 2.82. The van der Waals surface area contributed by atoms with E-state index in [-0.39, 0.29) is 0 Å². The van der Waals surface area contributed by atoms with E-state index in [1.54, 1.807) is 0 Å². The molecular formula is C12H12O3S2. The molecule has 1 saturated heterocycles. The van der Waals surface area contributed by atoms with Gasteiger partial charge in [-0.1, -0.05) is 30.7 Å². The Hall–Kier alpha value is -0.960. The average molecular weight is 268 g/mol. The van der Waals surface area contributed by atoms with Crippen LogP contribution >= 0.6 is 12.6 Å².